The molecule has 0 aliphatic rings. The van der Waals surface area contributed by atoms with E-state index in [9.17, 15) is 19.7 Å². The number of non-ortho nitro benzene ring substituents is 1. The summed E-state index contributed by atoms with van der Waals surface area (Å²) >= 11 is 0. The maximum Gasteiger partial charge on any atom is 0.326 e. The summed E-state index contributed by atoms with van der Waals surface area (Å²) in [4.78, 5) is 37.7. The van der Waals surface area contributed by atoms with E-state index in [-0.39, 0.29) is 11.6 Å². The summed E-state index contributed by atoms with van der Waals surface area (Å²) in [5, 5.41) is 16.5. The Balaban J connectivity index is 1.64. The highest BCUT2D eigenvalue weighted by Crippen LogP contribution is 2.38. The summed E-state index contributed by atoms with van der Waals surface area (Å²) in [6.45, 7) is 0.599. The Morgan fingerprint density at radius 3 is 2.08 bits per heavy atom. The van der Waals surface area contributed by atoms with Gasteiger partial charge in [-0.3, -0.25) is 19.8 Å². The Labute approximate surface area is 214 Å². The third-order valence-corrected chi connectivity index (χ3v) is 5.41. The molecule has 0 atom stereocenters. The number of nitro benzene ring substituents is 1. The molecule has 3 aromatic carbocycles. The number of methoxy groups -OCH3 is 3. The molecule has 0 saturated carbocycles. The normalized spacial score (nSPS) is 10.2. The zero-order chi connectivity index (χ0) is 26.8. The molecule has 0 bridgehead atoms. The van der Waals surface area contributed by atoms with E-state index in [1.54, 1.807) is 24.3 Å². The molecule has 0 heterocycles. The highest BCUT2D eigenvalue weighted by molar-refractivity contribution is 6.01. The van der Waals surface area contributed by atoms with Crippen molar-refractivity contribution in [1.29, 1.82) is 0 Å². The fourth-order valence-electron chi connectivity index (χ4n) is 3.57. The molecule has 0 aromatic heterocycles. The maximum atomic E-state index is 13.0. The monoisotopic (exact) mass is 508 g/mol. The molecular formula is C26H28N4O7. The number of hydrogen-bond acceptors (Lipinski definition) is 7. The summed E-state index contributed by atoms with van der Waals surface area (Å²) in [6.07, 6.45) is 0.457. The molecule has 3 amide bonds. The Morgan fingerprint density at radius 1 is 0.919 bits per heavy atom. The number of para-hydroxylation sites is 1. The van der Waals surface area contributed by atoms with Crippen molar-refractivity contribution in [3.63, 3.8) is 0 Å². The van der Waals surface area contributed by atoms with Gasteiger partial charge in [0.2, 0.25) is 5.75 Å². The number of benzene rings is 3. The number of hydrogen-bond donors (Lipinski definition) is 2. The molecule has 0 radical (unpaired) electrons. The van der Waals surface area contributed by atoms with E-state index in [4.69, 9.17) is 14.2 Å². The fourth-order valence-corrected chi connectivity index (χ4v) is 3.57. The number of nitrogens with zero attached hydrogens (tertiary/aromatic N) is 2. The highest BCUT2D eigenvalue weighted by atomic mass is 16.6. The second kappa shape index (κ2) is 12.8. The van der Waals surface area contributed by atoms with Gasteiger partial charge in [-0.2, -0.15) is 0 Å². The van der Waals surface area contributed by atoms with Crippen LogP contribution in [0.3, 0.4) is 0 Å². The fraction of sp³-hybridized carbons (Fsp3) is 0.231. The van der Waals surface area contributed by atoms with Gasteiger partial charge in [0, 0.05) is 42.2 Å². The summed E-state index contributed by atoms with van der Waals surface area (Å²) in [7, 11) is 4.42. The predicted molar refractivity (Wildman–Crippen MR) is 139 cm³/mol. The lowest BCUT2D eigenvalue weighted by Gasteiger charge is -2.23. The molecule has 0 fully saturated rings. The van der Waals surface area contributed by atoms with E-state index < -0.39 is 11.0 Å². The first kappa shape index (κ1) is 26.8. The Kier molecular flexibility index (Phi) is 9.25. The van der Waals surface area contributed by atoms with Crippen molar-refractivity contribution in [2.75, 3.05) is 44.6 Å². The van der Waals surface area contributed by atoms with Gasteiger partial charge in [-0.05, 0) is 42.8 Å². The molecule has 2 N–H and O–H groups in total. The van der Waals surface area contributed by atoms with Crippen molar-refractivity contribution in [2.24, 2.45) is 0 Å². The van der Waals surface area contributed by atoms with Crippen molar-refractivity contribution in [2.45, 2.75) is 6.42 Å². The highest BCUT2D eigenvalue weighted by Gasteiger charge is 2.18. The van der Waals surface area contributed by atoms with Crippen LogP contribution in [0.4, 0.5) is 21.9 Å². The van der Waals surface area contributed by atoms with Crippen molar-refractivity contribution in [3.05, 3.63) is 82.4 Å². The summed E-state index contributed by atoms with van der Waals surface area (Å²) in [6, 6.07) is 17.4. The molecule has 194 valence electrons. The minimum Gasteiger partial charge on any atom is -0.493 e. The van der Waals surface area contributed by atoms with Crippen LogP contribution in [0.25, 0.3) is 0 Å². The first-order valence-electron chi connectivity index (χ1n) is 11.3. The van der Waals surface area contributed by atoms with Gasteiger partial charge in [0.05, 0.1) is 26.3 Å². The number of nitro groups is 1. The number of carbonyl (C=O) groups excluding carboxylic acids is 2. The summed E-state index contributed by atoms with van der Waals surface area (Å²) in [5.41, 5.74) is 1.36. The number of ether oxygens (including phenoxy) is 3. The molecule has 0 saturated heterocycles. The van der Waals surface area contributed by atoms with E-state index in [2.05, 4.69) is 10.6 Å². The van der Waals surface area contributed by atoms with Crippen LogP contribution in [0.2, 0.25) is 0 Å². The number of anilines is 2. The van der Waals surface area contributed by atoms with E-state index in [1.807, 2.05) is 18.2 Å². The van der Waals surface area contributed by atoms with Crippen LogP contribution in [0.5, 0.6) is 17.2 Å². The third kappa shape index (κ3) is 6.88. The maximum absolute atomic E-state index is 13.0. The van der Waals surface area contributed by atoms with Crippen LogP contribution in [-0.4, -0.2) is 51.3 Å². The number of urea groups is 1. The topological polar surface area (TPSA) is 132 Å². The van der Waals surface area contributed by atoms with Gasteiger partial charge in [0.25, 0.3) is 11.6 Å². The zero-order valence-corrected chi connectivity index (χ0v) is 20.7. The minimum atomic E-state index is -0.506. The van der Waals surface area contributed by atoms with Gasteiger partial charge in [-0.1, -0.05) is 18.2 Å². The number of rotatable bonds is 11. The molecular weight excluding hydrogens is 480 g/mol. The average Bonchev–Trinajstić information content (AvgIpc) is 2.92. The lowest BCUT2D eigenvalue weighted by molar-refractivity contribution is -0.384. The Bertz CT molecular complexity index is 1210. The number of amides is 3. The smallest absolute Gasteiger partial charge is 0.326 e. The first-order valence-corrected chi connectivity index (χ1v) is 11.3. The molecule has 37 heavy (non-hydrogen) atoms. The second-order valence-electron chi connectivity index (χ2n) is 7.74. The molecule has 11 nitrogen and oxygen atoms in total. The standard InChI is InChI=1S/C26H28N4O7/c1-35-22-16-18(17-23(36-2)24(22)37-3)25(31)27-14-7-15-29(20-8-5-4-6-9-20)26(32)28-19-10-12-21(13-11-19)30(33)34/h4-6,8-13,16-17H,7,14-15H2,1-3H3,(H,27,31)(H,28,32). The van der Waals surface area contributed by atoms with E-state index in [0.29, 0.717) is 53.7 Å². The SMILES string of the molecule is COc1cc(C(=O)NCCCN(C(=O)Nc2ccc([N+](=O)[O-])cc2)c2ccccc2)cc(OC)c1OC. The van der Waals surface area contributed by atoms with Gasteiger partial charge in [0.1, 0.15) is 0 Å². The third-order valence-electron chi connectivity index (χ3n) is 5.41. The quantitative estimate of drug-likeness (QED) is 0.222. The lowest BCUT2D eigenvalue weighted by atomic mass is 10.1. The Hall–Kier alpha value is -4.80. The van der Waals surface area contributed by atoms with Crippen molar-refractivity contribution >= 4 is 29.0 Å². The molecule has 3 rings (SSSR count). The van der Waals surface area contributed by atoms with Crippen LogP contribution in [0.1, 0.15) is 16.8 Å². The van der Waals surface area contributed by atoms with Gasteiger partial charge < -0.3 is 24.8 Å². The predicted octanol–water partition coefficient (Wildman–Crippen LogP) is 4.48. The van der Waals surface area contributed by atoms with Gasteiger partial charge in [0.15, 0.2) is 11.5 Å². The average molecular weight is 509 g/mol. The molecule has 0 unspecified atom stereocenters. The largest absolute Gasteiger partial charge is 0.493 e. The van der Waals surface area contributed by atoms with E-state index >= 15 is 0 Å². The van der Waals surface area contributed by atoms with Crippen molar-refractivity contribution in [1.82, 2.24) is 5.32 Å². The van der Waals surface area contributed by atoms with Crippen LogP contribution < -0.4 is 29.7 Å². The van der Waals surface area contributed by atoms with Gasteiger partial charge in [-0.25, -0.2) is 4.79 Å². The van der Waals surface area contributed by atoms with Gasteiger partial charge >= 0.3 is 6.03 Å². The summed E-state index contributed by atoms with van der Waals surface area (Å²) in [5.74, 6) is 0.787. The first-order chi connectivity index (χ1) is 17.9. The van der Waals surface area contributed by atoms with Crippen molar-refractivity contribution in [3.8, 4) is 17.2 Å². The zero-order valence-electron chi connectivity index (χ0n) is 20.7. The van der Waals surface area contributed by atoms with E-state index in [1.165, 1.54) is 50.5 Å². The lowest BCUT2D eigenvalue weighted by Crippen LogP contribution is -2.37. The molecule has 0 spiro atoms. The minimum absolute atomic E-state index is 0.0687. The molecule has 0 aliphatic carbocycles. The molecule has 3 aromatic rings. The summed E-state index contributed by atoms with van der Waals surface area (Å²) < 4.78 is 15.9. The van der Waals surface area contributed by atoms with Crippen LogP contribution in [0.15, 0.2) is 66.7 Å². The van der Waals surface area contributed by atoms with Gasteiger partial charge in [-0.15, -0.1) is 0 Å². The Morgan fingerprint density at radius 2 is 1.54 bits per heavy atom. The second-order valence-corrected chi connectivity index (χ2v) is 7.74. The molecule has 0 aliphatic heterocycles. The van der Waals surface area contributed by atoms with Crippen LogP contribution in [-0.2, 0) is 0 Å². The van der Waals surface area contributed by atoms with Crippen LogP contribution >= 0.6 is 0 Å². The number of carbonyl (C=O) groups is 2. The van der Waals surface area contributed by atoms with Crippen molar-refractivity contribution < 1.29 is 28.7 Å². The van der Waals surface area contributed by atoms with E-state index in [0.717, 1.165) is 0 Å². The molecule has 11 heteroatoms. The van der Waals surface area contributed by atoms with Crippen LogP contribution in [0, 0.1) is 10.1 Å². The number of nitrogens with one attached hydrogen (secondary N) is 2.